The summed E-state index contributed by atoms with van der Waals surface area (Å²) in [5.74, 6) is -1.35. The first-order chi connectivity index (χ1) is 14.4. The fourth-order valence-electron chi connectivity index (χ4n) is 3.57. The molecular formula is C22H23F2N5O. The summed E-state index contributed by atoms with van der Waals surface area (Å²) in [6.45, 7) is 7.23. The number of hydrogen-bond acceptors (Lipinski definition) is 4. The molecule has 1 aliphatic heterocycles. The summed E-state index contributed by atoms with van der Waals surface area (Å²) in [6, 6.07) is 8.95. The van der Waals surface area contributed by atoms with Gasteiger partial charge in [0.15, 0.2) is 0 Å². The highest BCUT2D eigenvalue weighted by atomic mass is 19.1. The number of likely N-dealkylation sites (N-methyl/N-ethyl adjacent to an activating group) is 1. The average molecular weight is 411 g/mol. The molecule has 8 heteroatoms. The van der Waals surface area contributed by atoms with Crippen LogP contribution in [0.2, 0.25) is 0 Å². The van der Waals surface area contributed by atoms with Crippen LogP contribution in [-0.4, -0.2) is 59.1 Å². The quantitative estimate of drug-likeness (QED) is 0.633. The third-order valence-electron chi connectivity index (χ3n) is 5.32. The standard InChI is InChI=1S/C22H23F2N5O/c1-14(22(30)29-7-5-28(2)6-8-29)21-19-12-18(3-4-20(19)26-27-21)25-13-15-9-16(23)11-17(24)10-15/h3-4,9-12,25H,1,5-8,13H2,2H3,(H,26,27). The molecule has 156 valence electrons. The van der Waals surface area contributed by atoms with Gasteiger partial charge in [0.1, 0.15) is 17.3 Å². The molecule has 0 saturated carbocycles. The van der Waals surface area contributed by atoms with Crippen molar-refractivity contribution >= 4 is 28.1 Å². The molecule has 1 aromatic heterocycles. The van der Waals surface area contributed by atoms with E-state index in [1.807, 2.05) is 25.2 Å². The zero-order chi connectivity index (χ0) is 21.3. The van der Waals surface area contributed by atoms with Crippen molar-refractivity contribution in [1.29, 1.82) is 0 Å². The Balaban J connectivity index is 1.52. The van der Waals surface area contributed by atoms with Crippen LogP contribution in [0.5, 0.6) is 0 Å². The molecule has 1 aliphatic rings. The number of amides is 1. The second-order valence-electron chi connectivity index (χ2n) is 7.54. The lowest BCUT2D eigenvalue weighted by atomic mass is 10.1. The van der Waals surface area contributed by atoms with Crippen LogP contribution in [0.1, 0.15) is 11.3 Å². The monoisotopic (exact) mass is 411 g/mol. The summed E-state index contributed by atoms with van der Waals surface area (Å²) in [7, 11) is 2.03. The van der Waals surface area contributed by atoms with Gasteiger partial charge in [-0.3, -0.25) is 9.89 Å². The summed E-state index contributed by atoms with van der Waals surface area (Å²) in [6.07, 6.45) is 0. The number of rotatable bonds is 5. The molecule has 1 amide bonds. The van der Waals surface area contributed by atoms with Crippen molar-refractivity contribution in [2.45, 2.75) is 6.54 Å². The first-order valence-corrected chi connectivity index (χ1v) is 9.75. The molecule has 4 rings (SSSR count). The molecule has 2 aromatic carbocycles. The van der Waals surface area contributed by atoms with E-state index in [0.717, 1.165) is 35.7 Å². The number of nitrogens with one attached hydrogen (secondary N) is 2. The zero-order valence-corrected chi connectivity index (χ0v) is 16.7. The third-order valence-corrected chi connectivity index (χ3v) is 5.32. The van der Waals surface area contributed by atoms with Gasteiger partial charge in [-0.15, -0.1) is 0 Å². The van der Waals surface area contributed by atoms with Gasteiger partial charge in [0, 0.05) is 49.9 Å². The number of aromatic amines is 1. The van der Waals surface area contributed by atoms with E-state index in [2.05, 4.69) is 27.0 Å². The minimum absolute atomic E-state index is 0.120. The van der Waals surface area contributed by atoms with Crippen molar-refractivity contribution in [3.63, 3.8) is 0 Å². The number of benzene rings is 2. The summed E-state index contributed by atoms with van der Waals surface area (Å²) in [5, 5.41) is 11.1. The Bertz CT molecular complexity index is 1080. The van der Waals surface area contributed by atoms with E-state index in [1.54, 1.807) is 4.90 Å². The number of halogens is 2. The molecule has 0 bridgehead atoms. The zero-order valence-electron chi connectivity index (χ0n) is 16.7. The van der Waals surface area contributed by atoms with Gasteiger partial charge in [-0.05, 0) is 42.9 Å². The van der Waals surface area contributed by atoms with Crippen LogP contribution in [0.4, 0.5) is 14.5 Å². The first-order valence-electron chi connectivity index (χ1n) is 9.75. The Morgan fingerprint density at radius 3 is 2.53 bits per heavy atom. The number of aromatic nitrogens is 2. The number of anilines is 1. The fraction of sp³-hybridized carbons (Fsp3) is 0.273. The molecule has 0 atom stereocenters. The van der Waals surface area contributed by atoms with Crippen molar-refractivity contribution in [2.24, 2.45) is 0 Å². The molecule has 1 saturated heterocycles. The highest BCUT2D eigenvalue weighted by Crippen LogP contribution is 2.26. The summed E-state index contributed by atoms with van der Waals surface area (Å²) in [4.78, 5) is 16.8. The van der Waals surface area contributed by atoms with Crippen LogP contribution in [0.25, 0.3) is 16.5 Å². The highest BCUT2D eigenvalue weighted by molar-refractivity contribution is 6.21. The van der Waals surface area contributed by atoms with Gasteiger partial charge in [0.25, 0.3) is 5.91 Å². The van der Waals surface area contributed by atoms with Crippen molar-refractivity contribution in [3.05, 3.63) is 65.9 Å². The largest absolute Gasteiger partial charge is 0.381 e. The normalized spacial score (nSPS) is 14.8. The molecule has 3 aromatic rings. The number of H-pyrrole nitrogens is 1. The fourth-order valence-corrected chi connectivity index (χ4v) is 3.57. The van der Waals surface area contributed by atoms with Crippen molar-refractivity contribution in [2.75, 3.05) is 38.5 Å². The number of nitrogens with zero attached hydrogens (tertiary/aromatic N) is 3. The number of hydrogen-bond donors (Lipinski definition) is 2. The lowest BCUT2D eigenvalue weighted by Gasteiger charge is -2.32. The van der Waals surface area contributed by atoms with E-state index in [-0.39, 0.29) is 12.5 Å². The highest BCUT2D eigenvalue weighted by Gasteiger charge is 2.24. The molecule has 6 nitrogen and oxygen atoms in total. The van der Waals surface area contributed by atoms with Crippen LogP contribution in [-0.2, 0) is 11.3 Å². The molecule has 0 unspecified atom stereocenters. The maximum Gasteiger partial charge on any atom is 0.255 e. The van der Waals surface area contributed by atoms with Gasteiger partial charge in [0.05, 0.1) is 11.1 Å². The predicted molar refractivity (Wildman–Crippen MR) is 113 cm³/mol. The van der Waals surface area contributed by atoms with E-state index in [0.29, 0.717) is 29.9 Å². The number of fused-ring (bicyclic) bond motifs is 1. The lowest BCUT2D eigenvalue weighted by molar-refractivity contribution is -0.126. The van der Waals surface area contributed by atoms with Gasteiger partial charge in [-0.2, -0.15) is 5.10 Å². The molecule has 30 heavy (non-hydrogen) atoms. The van der Waals surface area contributed by atoms with Crippen LogP contribution in [0.15, 0.2) is 43.0 Å². The summed E-state index contributed by atoms with van der Waals surface area (Å²) in [5.41, 5.74) is 2.87. The minimum atomic E-state index is -0.613. The van der Waals surface area contributed by atoms with Gasteiger partial charge in [-0.25, -0.2) is 8.78 Å². The molecule has 0 radical (unpaired) electrons. The predicted octanol–water partition coefficient (Wildman–Crippen LogP) is 3.24. The maximum atomic E-state index is 13.4. The van der Waals surface area contributed by atoms with Crippen molar-refractivity contribution in [3.8, 4) is 0 Å². The average Bonchev–Trinajstić information content (AvgIpc) is 3.14. The molecular weight excluding hydrogens is 388 g/mol. The lowest BCUT2D eigenvalue weighted by Crippen LogP contribution is -2.47. The molecule has 2 N–H and O–H groups in total. The Labute approximate surface area is 173 Å². The Morgan fingerprint density at radius 2 is 1.83 bits per heavy atom. The number of piperazine rings is 1. The molecule has 2 heterocycles. The van der Waals surface area contributed by atoms with E-state index in [1.165, 1.54) is 12.1 Å². The number of carbonyl (C=O) groups is 1. The van der Waals surface area contributed by atoms with Crippen LogP contribution >= 0.6 is 0 Å². The summed E-state index contributed by atoms with van der Waals surface area (Å²) >= 11 is 0. The molecule has 0 aliphatic carbocycles. The SMILES string of the molecule is C=C(C(=O)N1CCN(C)CC1)c1n[nH]c2ccc(NCc3cc(F)cc(F)c3)cc12. The van der Waals surface area contributed by atoms with Gasteiger partial charge >= 0.3 is 0 Å². The smallest absolute Gasteiger partial charge is 0.255 e. The topological polar surface area (TPSA) is 64.3 Å². The van der Waals surface area contributed by atoms with Crippen molar-refractivity contribution < 1.29 is 13.6 Å². The minimum Gasteiger partial charge on any atom is -0.381 e. The van der Waals surface area contributed by atoms with Gasteiger partial charge in [0.2, 0.25) is 0 Å². The van der Waals surface area contributed by atoms with Crippen LogP contribution in [0, 0.1) is 11.6 Å². The Hall–Kier alpha value is -3.26. The van der Waals surface area contributed by atoms with Crippen molar-refractivity contribution in [1.82, 2.24) is 20.0 Å². The van der Waals surface area contributed by atoms with Gasteiger partial charge < -0.3 is 15.1 Å². The summed E-state index contributed by atoms with van der Waals surface area (Å²) < 4.78 is 26.8. The van der Waals surface area contributed by atoms with E-state index < -0.39 is 11.6 Å². The second kappa shape index (κ2) is 8.23. The first kappa shape index (κ1) is 20.0. The van der Waals surface area contributed by atoms with E-state index in [9.17, 15) is 13.6 Å². The molecule has 1 fully saturated rings. The van der Waals surface area contributed by atoms with Gasteiger partial charge in [-0.1, -0.05) is 6.58 Å². The van der Waals surface area contributed by atoms with E-state index in [4.69, 9.17) is 0 Å². The Kier molecular flexibility index (Phi) is 5.50. The van der Waals surface area contributed by atoms with Crippen LogP contribution < -0.4 is 5.32 Å². The van der Waals surface area contributed by atoms with Crippen LogP contribution in [0.3, 0.4) is 0 Å². The second-order valence-corrected chi connectivity index (χ2v) is 7.54. The maximum absolute atomic E-state index is 13.4. The Morgan fingerprint density at radius 1 is 1.13 bits per heavy atom. The number of carbonyl (C=O) groups excluding carboxylic acids is 1. The molecule has 0 spiro atoms. The third kappa shape index (κ3) is 4.18. The van der Waals surface area contributed by atoms with E-state index >= 15 is 0 Å².